The summed E-state index contributed by atoms with van der Waals surface area (Å²) in [6.45, 7) is 0. The van der Waals surface area contributed by atoms with Gasteiger partial charge in [0.05, 0.1) is 0 Å². The van der Waals surface area contributed by atoms with Gasteiger partial charge in [0.25, 0.3) is 0 Å². The van der Waals surface area contributed by atoms with Crippen LogP contribution >= 0.6 is 0 Å². The van der Waals surface area contributed by atoms with Gasteiger partial charge in [0, 0.05) is 18.1 Å². The van der Waals surface area contributed by atoms with E-state index in [1.54, 1.807) is 12.1 Å². The minimum absolute atomic E-state index is 0.242. The number of benzene rings is 1. The van der Waals surface area contributed by atoms with Crippen LogP contribution in [0.1, 0.15) is 18.4 Å². The number of para-hydroxylation sites is 1. The number of ether oxygens (including phenoxy) is 1. The van der Waals surface area contributed by atoms with E-state index in [1.807, 2.05) is 0 Å². The smallest absolute Gasteiger partial charge is 0.333 e. The van der Waals surface area contributed by atoms with Gasteiger partial charge in [-0.25, -0.2) is 4.79 Å². The van der Waals surface area contributed by atoms with Crippen LogP contribution in [-0.4, -0.2) is 34.5 Å². The zero-order chi connectivity index (χ0) is 12.6. The monoisotopic (exact) mass is 238 g/mol. The summed E-state index contributed by atoms with van der Waals surface area (Å²) in [5.74, 6) is -1.56. The highest BCUT2D eigenvalue weighted by molar-refractivity contribution is 5.76. The third-order valence-electron chi connectivity index (χ3n) is 3.30. The van der Waals surface area contributed by atoms with Gasteiger partial charge in [0.1, 0.15) is 0 Å². The molecule has 0 aliphatic heterocycles. The number of hydrogen-bond donors (Lipinski definition) is 3. The fourth-order valence-electron chi connectivity index (χ4n) is 2.30. The Morgan fingerprint density at radius 1 is 1.41 bits per heavy atom. The summed E-state index contributed by atoms with van der Waals surface area (Å²) in [7, 11) is 1.33. The average Bonchev–Trinajstić information content (AvgIpc) is 3.04. The van der Waals surface area contributed by atoms with E-state index in [1.165, 1.54) is 13.2 Å². The Morgan fingerprint density at radius 2 is 2.06 bits per heavy atom. The first kappa shape index (κ1) is 11.7. The summed E-state index contributed by atoms with van der Waals surface area (Å²) in [6, 6.07) is 4.56. The van der Waals surface area contributed by atoms with Crippen LogP contribution in [0.3, 0.4) is 0 Å². The summed E-state index contributed by atoms with van der Waals surface area (Å²) >= 11 is 0. The van der Waals surface area contributed by atoms with Crippen molar-refractivity contribution in [2.24, 2.45) is 0 Å². The molecule has 0 radical (unpaired) electrons. The van der Waals surface area contributed by atoms with Gasteiger partial charge in [0.2, 0.25) is 0 Å². The molecule has 0 aromatic heterocycles. The number of methoxy groups -OCH3 is 1. The normalized spacial score (nSPS) is 18.6. The van der Waals surface area contributed by atoms with Crippen molar-refractivity contribution in [1.82, 2.24) is 0 Å². The van der Waals surface area contributed by atoms with Crippen molar-refractivity contribution in [2.75, 3.05) is 7.11 Å². The number of phenols is 2. The Kier molecular flexibility index (Phi) is 2.71. The van der Waals surface area contributed by atoms with Crippen molar-refractivity contribution < 1.29 is 24.9 Å². The molecule has 5 nitrogen and oxygen atoms in total. The number of carboxylic acids is 1. The topological polar surface area (TPSA) is 87.0 Å². The van der Waals surface area contributed by atoms with E-state index in [-0.39, 0.29) is 11.5 Å². The first-order chi connectivity index (χ1) is 8.03. The molecule has 0 heterocycles. The molecule has 2 rings (SSSR count). The lowest BCUT2D eigenvalue weighted by Crippen LogP contribution is -2.35. The molecule has 0 amide bonds. The molecule has 3 N–H and O–H groups in total. The molecule has 0 bridgehead atoms. The molecule has 1 aliphatic carbocycles. The summed E-state index contributed by atoms with van der Waals surface area (Å²) in [5, 5.41) is 28.3. The molecular formula is C12H14O5. The van der Waals surface area contributed by atoms with Crippen LogP contribution in [0.2, 0.25) is 0 Å². The van der Waals surface area contributed by atoms with Gasteiger partial charge in [-0.3, -0.25) is 0 Å². The van der Waals surface area contributed by atoms with Crippen molar-refractivity contribution in [3.8, 4) is 11.5 Å². The Bertz CT molecular complexity index is 450. The largest absolute Gasteiger partial charge is 0.504 e. The second-order valence-electron chi connectivity index (χ2n) is 4.28. The number of aromatic hydroxyl groups is 2. The maximum atomic E-state index is 11.1. The summed E-state index contributed by atoms with van der Waals surface area (Å²) in [6.07, 6.45) is 0.235. The molecule has 1 unspecified atom stereocenters. The van der Waals surface area contributed by atoms with E-state index in [0.717, 1.165) is 0 Å². The molecule has 92 valence electrons. The van der Waals surface area contributed by atoms with E-state index >= 15 is 0 Å². The number of phenolic OH excluding ortho intramolecular Hbond substituents is 2. The number of carbonyl (C=O) groups is 1. The molecule has 0 spiro atoms. The lowest BCUT2D eigenvalue weighted by Gasteiger charge is -2.23. The van der Waals surface area contributed by atoms with Crippen LogP contribution in [0, 0.1) is 0 Å². The van der Waals surface area contributed by atoms with Gasteiger partial charge >= 0.3 is 5.97 Å². The maximum absolute atomic E-state index is 11.1. The van der Waals surface area contributed by atoms with Crippen LogP contribution in [0.4, 0.5) is 0 Å². The van der Waals surface area contributed by atoms with Crippen molar-refractivity contribution in [3.05, 3.63) is 23.8 Å². The van der Waals surface area contributed by atoms with Gasteiger partial charge in [-0.2, -0.15) is 0 Å². The zero-order valence-corrected chi connectivity index (χ0v) is 9.38. The van der Waals surface area contributed by atoms with E-state index in [4.69, 9.17) is 9.84 Å². The highest BCUT2D eigenvalue weighted by atomic mass is 16.5. The lowest BCUT2D eigenvalue weighted by molar-refractivity contribution is -0.150. The minimum Gasteiger partial charge on any atom is -0.504 e. The Morgan fingerprint density at radius 3 is 2.53 bits per heavy atom. The second kappa shape index (κ2) is 3.92. The molecule has 5 heteroatoms. The van der Waals surface area contributed by atoms with Crippen molar-refractivity contribution in [2.45, 2.75) is 24.4 Å². The number of aliphatic carboxylic acids is 1. The SMILES string of the molecule is COC(C(=O)O)C1(c2cccc(O)c2O)CC1. The molecule has 1 atom stereocenters. The summed E-state index contributed by atoms with van der Waals surface area (Å²) < 4.78 is 5.00. The first-order valence-corrected chi connectivity index (χ1v) is 5.30. The van der Waals surface area contributed by atoms with Gasteiger partial charge in [-0.1, -0.05) is 12.1 Å². The Balaban J connectivity index is 2.45. The molecule has 1 aliphatic rings. The third-order valence-corrected chi connectivity index (χ3v) is 3.30. The van der Waals surface area contributed by atoms with Gasteiger partial charge in [-0.05, 0) is 18.9 Å². The van der Waals surface area contributed by atoms with E-state index < -0.39 is 17.5 Å². The van der Waals surface area contributed by atoms with Gasteiger partial charge < -0.3 is 20.1 Å². The third kappa shape index (κ3) is 1.72. The highest BCUT2D eigenvalue weighted by Crippen LogP contribution is 2.55. The van der Waals surface area contributed by atoms with Gasteiger partial charge in [-0.15, -0.1) is 0 Å². The Labute approximate surface area is 98.3 Å². The molecule has 1 fully saturated rings. The van der Waals surface area contributed by atoms with E-state index in [2.05, 4.69) is 0 Å². The van der Waals surface area contributed by atoms with Crippen LogP contribution in [-0.2, 0) is 14.9 Å². The van der Waals surface area contributed by atoms with Crippen molar-refractivity contribution in [3.63, 3.8) is 0 Å². The average molecular weight is 238 g/mol. The van der Waals surface area contributed by atoms with Crippen LogP contribution in [0.5, 0.6) is 11.5 Å². The predicted molar refractivity (Wildman–Crippen MR) is 59.1 cm³/mol. The molecule has 1 aromatic carbocycles. The molecule has 17 heavy (non-hydrogen) atoms. The van der Waals surface area contributed by atoms with Crippen LogP contribution < -0.4 is 0 Å². The number of hydrogen-bond acceptors (Lipinski definition) is 4. The second-order valence-corrected chi connectivity index (χ2v) is 4.28. The Hall–Kier alpha value is -1.75. The molecule has 1 saturated carbocycles. The standard InChI is InChI=1S/C12H14O5/c1-17-10(11(15)16)12(5-6-12)7-3-2-4-8(13)9(7)14/h2-4,10,13-14H,5-6H2,1H3,(H,15,16). The highest BCUT2D eigenvalue weighted by Gasteiger charge is 2.56. The van der Waals surface area contributed by atoms with Gasteiger partial charge in [0.15, 0.2) is 17.6 Å². The zero-order valence-electron chi connectivity index (χ0n) is 9.38. The maximum Gasteiger partial charge on any atom is 0.333 e. The van der Waals surface area contributed by atoms with E-state index in [0.29, 0.717) is 18.4 Å². The minimum atomic E-state index is -1.06. The number of carboxylic acid groups (broad SMARTS) is 1. The fraction of sp³-hybridized carbons (Fsp3) is 0.417. The van der Waals surface area contributed by atoms with Crippen molar-refractivity contribution >= 4 is 5.97 Å². The van der Waals surface area contributed by atoms with Crippen LogP contribution in [0.15, 0.2) is 18.2 Å². The molecule has 0 saturated heterocycles. The quantitative estimate of drug-likeness (QED) is 0.687. The first-order valence-electron chi connectivity index (χ1n) is 5.30. The van der Waals surface area contributed by atoms with Crippen LogP contribution in [0.25, 0.3) is 0 Å². The predicted octanol–water partition coefficient (Wildman–Crippen LogP) is 1.23. The molecule has 1 aromatic rings. The lowest BCUT2D eigenvalue weighted by atomic mass is 9.89. The van der Waals surface area contributed by atoms with E-state index in [9.17, 15) is 15.0 Å². The summed E-state index contributed by atoms with van der Waals surface area (Å²) in [4.78, 5) is 11.1. The fourth-order valence-corrected chi connectivity index (χ4v) is 2.30. The number of rotatable bonds is 4. The summed E-state index contributed by atoms with van der Waals surface area (Å²) in [5.41, 5.74) is -0.282. The molecular weight excluding hydrogens is 224 g/mol. The van der Waals surface area contributed by atoms with Crippen molar-refractivity contribution in [1.29, 1.82) is 0 Å².